The fraction of sp³-hybridized carbons (Fsp3) is 0.278. The summed E-state index contributed by atoms with van der Waals surface area (Å²) in [5.41, 5.74) is 1.86. The Bertz CT molecular complexity index is 1160. The Hall–Kier alpha value is -2.67. The monoisotopic (exact) mass is 354 g/mol. The minimum Gasteiger partial charge on any atom is -0.312 e. The number of rotatable bonds is 4. The van der Waals surface area contributed by atoms with E-state index < -0.39 is 0 Å². The van der Waals surface area contributed by atoms with Gasteiger partial charge in [0, 0.05) is 18.3 Å². The lowest BCUT2D eigenvalue weighted by Gasteiger charge is -2.08. The van der Waals surface area contributed by atoms with Gasteiger partial charge in [-0.25, -0.2) is 4.98 Å². The van der Waals surface area contributed by atoms with Gasteiger partial charge in [0.25, 0.3) is 11.1 Å². The molecule has 6 nitrogen and oxygen atoms in total. The Kier molecular flexibility index (Phi) is 3.80. The number of nitrogens with one attached hydrogen (secondary N) is 1. The lowest BCUT2D eigenvalue weighted by atomic mass is 10.2. The highest BCUT2D eigenvalue weighted by molar-refractivity contribution is 7.20. The minimum absolute atomic E-state index is 0.0869. The van der Waals surface area contributed by atoms with Crippen molar-refractivity contribution in [3.63, 3.8) is 0 Å². The van der Waals surface area contributed by atoms with Gasteiger partial charge in [0.2, 0.25) is 5.13 Å². The van der Waals surface area contributed by atoms with Gasteiger partial charge >= 0.3 is 0 Å². The van der Waals surface area contributed by atoms with E-state index in [0.717, 1.165) is 23.1 Å². The third kappa shape index (κ3) is 2.51. The number of fused-ring (bicyclic) bond motifs is 2. The molecule has 25 heavy (non-hydrogen) atoms. The average Bonchev–Trinajstić information content (AvgIpc) is 3.15. The number of hydrogen-bond donors (Lipinski definition) is 1. The number of thiazole rings is 1. The largest absolute Gasteiger partial charge is 0.312 e. The first-order valence-electron chi connectivity index (χ1n) is 8.31. The maximum atomic E-state index is 12.9. The number of para-hydroxylation sites is 1. The van der Waals surface area contributed by atoms with Crippen molar-refractivity contribution < 1.29 is 0 Å². The standard InChI is InChI=1S/C18H18N4O2S/c1-3-4-9-21-11(2)16-13(10-15(21)23)20-22(17(16)24)18-19-12-7-5-6-8-14(12)25-18/h5-8,10,20H,3-4,9H2,1-2H3. The number of aryl methyl sites for hydroxylation is 1. The number of unbranched alkanes of at least 4 members (excludes halogenated alkanes) is 1. The van der Waals surface area contributed by atoms with Crippen molar-refractivity contribution >= 4 is 32.5 Å². The third-order valence-electron chi connectivity index (χ3n) is 4.43. The quantitative estimate of drug-likeness (QED) is 0.612. The molecular weight excluding hydrogens is 336 g/mol. The molecule has 7 heteroatoms. The molecule has 0 bridgehead atoms. The Morgan fingerprint density at radius 1 is 1.24 bits per heavy atom. The van der Waals surface area contributed by atoms with E-state index in [2.05, 4.69) is 17.0 Å². The second-order valence-corrected chi connectivity index (χ2v) is 7.09. The van der Waals surface area contributed by atoms with Crippen molar-refractivity contribution in [2.75, 3.05) is 0 Å². The molecule has 1 aromatic carbocycles. The molecule has 0 radical (unpaired) electrons. The van der Waals surface area contributed by atoms with E-state index in [1.165, 1.54) is 22.1 Å². The summed E-state index contributed by atoms with van der Waals surface area (Å²) in [5, 5.41) is 4.17. The van der Waals surface area contributed by atoms with Crippen LogP contribution in [-0.4, -0.2) is 19.3 Å². The van der Waals surface area contributed by atoms with Crippen molar-refractivity contribution in [1.29, 1.82) is 0 Å². The zero-order chi connectivity index (χ0) is 17.6. The summed E-state index contributed by atoms with van der Waals surface area (Å²) in [6, 6.07) is 9.27. The number of hydrogen-bond acceptors (Lipinski definition) is 4. The van der Waals surface area contributed by atoms with Gasteiger partial charge in [-0.1, -0.05) is 36.8 Å². The Balaban J connectivity index is 1.94. The highest BCUT2D eigenvalue weighted by Gasteiger charge is 2.16. The van der Waals surface area contributed by atoms with Crippen molar-refractivity contribution in [3.8, 4) is 5.13 Å². The van der Waals surface area contributed by atoms with Gasteiger partial charge in [-0.15, -0.1) is 0 Å². The van der Waals surface area contributed by atoms with E-state index in [-0.39, 0.29) is 11.1 Å². The van der Waals surface area contributed by atoms with Gasteiger partial charge in [0.1, 0.15) is 0 Å². The summed E-state index contributed by atoms with van der Waals surface area (Å²) < 4.78 is 4.14. The molecule has 0 aliphatic carbocycles. The molecule has 3 aromatic heterocycles. The highest BCUT2D eigenvalue weighted by Crippen LogP contribution is 2.24. The molecule has 0 aliphatic heterocycles. The van der Waals surface area contributed by atoms with E-state index >= 15 is 0 Å². The van der Waals surface area contributed by atoms with Crippen LogP contribution < -0.4 is 11.1 Å². The zero-order valence-electron chi connectivity index (χ0n) is 14.1. The summed E-state index contributed by atoms with van der Waals surface area (Å²) in [5.74, 6) is 0. The van der Waals surface area contributed by atoms with Crippen molar-refractivity contribution in [2.24, 2.45) is 0 Å². The predicted molar refractivity (Wildman–Crippen MR) is 101 cm³/mol. The van der Waals surface area contributed by atoms with Crippen molar-refractivity contribution in [3.05, 3.63) is 56.7 Å². The maximum absolute atomic E-state index is 12.9. The second kappa shape index (κ2) is 6.00. The third-order valence-corrected chi connectivity index (χ3v) is 5.45. The van der Waals surface area contributed by atoms with E-state index in [1.54, 1.807) is 4.57 Å². The molecule has 4 rings (SSSR count). The summed E-state index contributed by atoms with van der Waals surface area (Å²) in [6.45, 7) is 4.54. The van der Waals surface area contributed by atoms with Crippen LogP contribution >= 0.6 is 11.3 Å². The molecule has 0 aliphatic rings. The van der Waals surface area contributed by atoms with E-state index in [4.69, 9.17) is 0 Å². The van der Waals surface area contributed by atoms with Gasteiger partial charge in [-0.2, -0.15) is 4.68 Å². The van der Waals surface area contributed by atoms with E-state index in [9.17, 15) is 9.59 Å². The zero-order valence-corrected chi connectivity index (χ0v) is 14.9. The fourth-order valence-electron chi connectivity index (χ4n) is 3.09. The van der Waals surface area contributed by atoms with Gasteiger partial charge < -0.3 is 4.57 Å². The SMILES string of the molecule is CCCCn1c(C)c2c(=O)n(-c3nc4ccccc4s3)[nH]c2cc1=O. The second-order valence-electron chi connectivity index (χ2n) is 6.08. The average molecular weight is 354 g/mol. The fourth-order valence-corrected chi connectivity index (χ4v) is 4.02. The topological polar surface area (TPSA) is 72.7 Å². The van der Waals surface area contributed by atoms with Gasteiger partial charge in [-0.05, 0) is 25.5 Å². The molecule has 0 amide bonds. The first-order chi connectivity index (χ1) is 12.1. The number of H-pyrrole nitrogens is 1. The summed E-state index contributed by atoms with van der Waals surface area (Å²) in [6.07, 6.45) is 1.90. The molecule has 0 spiro atoms. The van der Waals surface area contributed by atoms with Gasteiger partial charge in [0.15, 0.2) is 0 Å². The molecule has 128 valence electrons. The first-order valence-corrected chi connectivity index (χ1v) is 9.13. The number of benzene rings is 1. The molecule has 3 heterocycles. The van der Waals surface area contributed by atoms with Gasteiger partial charge in [-0.3, -0.25) is 14.7 Å². The van der Waals surface area contributed by atoms with Crippen LogP contribution in [-0.2, 0) is 6.54 Å². The smallest absolute Gasteiger partial charge is 0.282 e. The molecule has 4 aromatic rings. The summed E-state index contributed by atoms with van der Waals surface area (Å²) in [7, 11) is 0. The van der Waals surface area contributed by atoms with Crippen LogP contribution in [0.1, 0.15) is 25.5 Å². The Morgan fingerprint density at radius 2 is 2.04 bits per heavy atom. The Labute approximate surface area is 147 Å². The summed E-state index contributed by atoms with van der Waals surface area (Å²) >= 11 is 1.44. The molecule has 1 N–H and O–H groups in total. The van der Waals surface area contributed by atoms with E-state index in [0.29, 0.717) is 28.3 Å². The van der Waals surface area contributed by atoms with Crippen LogP contribution in [0.2, 0.25) is 0 Å². The van der Waals surface area contributed by atoms with Crippen LogP contribution in [0.25, 0.3) is 26.3 Å². The number of aromatic amines is 1. The molecule has 0 unspecified atom stereocenters. The maximum Gasteiger partial charge on any atom is 0.282 e. The van der Waals surface area contributed by atoms with E-state index in [1.807, 2.05) is 31.2 Å². The van der Waals surface area contributed by atoms with Crippen molar-refractivity contribution in [1.82, 2.24) is 19.3 Å². The molecule has 0 saturated heterocycles. The molecular formula is C18H18N4O2S. The van der Waals surface area contributed by atoms with Crippen LogP contribution in [0.5, 0.6) is 0 Å². The number of nitrogens with zero attached hydrogens (tertiary/aromatic N) is 3. The number of pyridine rings is 1. The van der Waals surface area contributed by atoms with Gasteiger partial charge in [0.05, 0.1) is 21.1 Å². The Morgan fingerprint density at radius 3 is 2.80 bits per heavy atom. The molecule has 0 saturated carbocycles. The highest BCUT2D eigenvalue weighted by atomic mass is 32.1. The normalized spacial score (nSPS) is 11.6. The van der Waals surface area contributed by atoms with Crippen LogP contribution in [0, 0.1) is 6.92 Å². The lowest BCUT2D eigenvalue weighted by molar-refractivity contribution is 0.603. The predicted octanol–water partition coefficient (Wildman–Crippen LogP) is 3.20. The lowest BCUT2D eigenvalue weighted by Crippen LogP contribution is -2.23. The number of aromatic nitrogens is 4. The molecule has 0 atom stereocenters. The van der Waals surface area contributed by atoms with Crippen LogP contribution in [0.15, 0.2) is 39.9 Å². The molecule has 0 fully saturated rings. The van der Waals surface area contributed by atoms with Crippen molar-refractivity contribution in [2.45, 2.75) is 33.2 Å². The van der Waals surface area contributed by atoms with Crippen LogP contribution in [0.4, 0.5) is 0 Å². The summed E-state index contributed by atoms with van der Waals surface area (Å²) in [4.78, 5) is 29.9. The minimum atomic E-state index is -0.170. The first kappa shape index (κ1) is 15.8. The van der Waals surface area contributed by atoms with Crippen LogP contribution in [0.3, 0.4) is 0 Å².